The Morgan fingerprint density at radius 2 is 1.64 bits per heavy atom. The van der Waals surface area contributed by atoms with Crippen molar-refractivity contribution in [1.29, 1.82) is 0 Å². The third-order valence-electron chi connectivity index (χ3n) is 2.17. The van der Waals surface area contributed by atoms with E-state index in [-0.39, 0.29) is 41.0 Å². The largest absolute Gasteiger partial charge is 1.00 e. The summed E-state index contributed by atoms with van der Waals surface area (Å²) in [5, 5.41) is 36.1. The molecule has 0 aliphatic heterocycles. The van der Waals surface area contributed by atoms with E-state index in [2.05, 4.69) is 6.92 Å². The minimum absolute atomic E-state index is 0. The van der Waals surface area contributed by atoms with Crippen molar-refractivity contribution in [3.8, 4) is 0 Å². The number of carbonyl (C=O) groups is 1. The fourth-order valence-corrected chi connectivity index (χ4v) is 1.52. The molecule has 0 spiro atoms. The van der Waals surface area contributed by atoms with Gasteiger partial charge in [-0.25, -0.2) is 5.06 Å². The Labute approximate surface area is 148 Å². The van der Waals surface area contributed by atoms with E-state index in [1.165, 1.54) is 0 Å². The first kappa shape index (κ1) is 27.2. The van der Waals surface area contributed by atoms with Crippen LogP contribution in [0.25, 0.3) is 0 Å². The van der Waals surface area contributed by atoms with Crippen molar-refractivity contribution >= 4 is 14.0 Å². The van der Waals surface area contributed by atoms with Crippen LogP contribution in [0.5, 0.6) is 0 Å². The van der Waals surface area contributed by atoms with E-state index in [9.17, 15) is 28.4 Å². The van der Waals surface area contributed by atoms with Crippen molar-refractivity contribution in [3.63, 3.8) is 0 Å². The summed E-state index contributed by atoms with van der Waals surface area (Å²) in [4.78, 5) is 26.6. The predicted molar refractivity (Wildman–Crippen MR) is 65.2 cm³/mol. The molecule has 0 heterocycles. The number of hydrogen-bond donors (Lipinski definition) is 6. The second-order valence-corrected chi connectivity index (χ2v) is 5.51. The molecule has 0 radical (unpaired) electrons. The van der Waals surface area contributed by atoms with Crippen LogP contribution in [0.3, 0.4) is 0 Å². The number of aliphatic hydroxyl groups excluding tert-OH is 3. The van der Waals surface area contributed by atoms with E-state index >= 15 is 0 Å². The maximum Gasteiger partial charge on any atom is 1.00 e. The van der Waals surface area contributed by atoms with Crippen LogP contribution in [0, 0.1) is 6.92 Å². The van der Waals surface area contributed by atoms with Gasteiger partial charge in [-0.1, -0.05) is 0 Å². The van der Waals surface area contributed by atoms with Crippen LogP contribution >= 0.6 is 7.60 Å². The van der Waals surface area contributed by atoms with Gasteiger partial charge in [-0.15, -0.1) is 0 Å². The van der Waals surface area contributed by atoms with Crippen molar-refractivity contribution in [1.82, 2.24) is 5.06 Å². The molecule has 0 fully saturated rings. The summed E-state index contributed by atoms with van der Waals surface area (Å²) >= 11 is 0. The molecule has 0 aliphatic rings. The maximum absolute atomic E-state index is 12.9. The van der Waals surface area contributed by atoms with Crippen molar-refractivity contribution in [2.24, 2.45) is 0 Å². The Morgan fingerprint density at radius 3 is 1.95 bits per heavy atom. The van der Waals surface area contributed by atoms with Gasteiger partial charge < -0.3 is 32.0 Å². The molecule has 9 nitrogen and oxygen atoms in total. The van der Waals surface area contributed by atoms with Crippen LogP contribution in [0.4, 0.5) is 8.78 Å². The van der Waals surface area contributed by atoms with E-state index in [0.717, 1.165) is 0 Å². The second kappa shape index (κ2) is 11.8. The van der Waals surface area contributed by atoms with Crippen LogP contribution in [-0.4, -0.2) is 72.3 Å². The van der Waals surface area contributed by atoms with Crippen LogP contribution in [-0.2, 0) is 9.36 Å². The van der Waals surface area contributed by atoms with Gasteiger partial charge in [-0.05, 0) is 0 Å². The van der Waals surface area contributed by atoms with Gasteiger partial charge in [0.1, 0.15) is 12.2 Å². The molecule has 22 heavy (non-hydrogen) atoms. The summed E-state index contributed by atoms with van der Waals surface area (Å²) in [7, 11) is -5.83. The van der Waals surface area contributed by atoms with E-state index in [0.29, 0.717) is 0 Å². The standard InChI is InChI=1S/C7H14F2NO8P.C2H5.Na/c8-7(9,19(16,17)18)1-4(12)6(14)5(13)2-10(15)3-11;1-2;/h3-6,12-15H,1-2H2,(H2,16,17,18);1H2,2H3;/q;-1;+1/t4-,5+,6-;;/m1../s1. The van der Waals surface area contributed by atoms with Crippen molar-refractivity contribution < 1.29 is 78.0 Å². The molecular formula is C9H19F2NNaO8P. The predicted octanol–water partition coefficient (Wildman–Crippen LogP) is -4.08. The normalized spacial score (nSPS) is 15.5. The summed E-state index contributed by atoms with van der Waals surface area (Å²) in [6, 6.07) is 0. The summed E-state index contributed by atoms with van der Waals surface area (Å²) < 4.78 is 36.2. The number of carbonyl (C=O) groups excluding carboxylic acids is 1. The van der Waals surface area contributed by atoms with Crippen molar-refractivity contribution in [3.05, 3.63) is 6.92 Å². The van der Waals surface area contributed by atoms with Gasteiger partial charge in [0.05, 0.1) is 19.1 Å². The fraction of sp³-hybridized carbons (Fsp3) is 0.778. The van der Waals surface area contributed by atoms with E-state index in [1.54, 1.807) is 6.92 Å². The Balaban J connectivity index is -0.00000115. The SMILES string of the molecule is O=CN(O)C[C@H](O)[C@H](O)[C@H](O)CC(F)(F)P(=O)(O)O.[CH2-]C.[Na+]. The summed E-state index contributed by atoms with van der Waals surface area (Å²) in [6.07, 6.45) is -8.56. The van der Waals surface area contributed by atoms with Gasteiger partial charge in [0, 0.05) is 0 Å². The average Bonchev–Trinajstić information content (AvgIpc) is 2.37. The molecule has 0 aromatic heterocycles. The Hall–Kier alpha value is 0.320. The number of amides is 1. The number of rotatable bonds is 8. The van der Waals surface area contributed by atoms with Crippen LogP contribution < -0.4 is 29.6 Å². The number of halogens is 2. The molecule has 13 heteroatoms. The molecule has 1 amide bonds. The van der Waals surface area contributed by atoms with Gasteiger partial charge in [-0.3, -0.25) is 14.6 Å². The van der Waals surface area contributed by atoms with Crippen molar-refractivity contribution in [2.75, 3.05) is 6.54 Å². The fourth-order valence-electron chi connectivity index (χ4n) is 1.09. The third-order valence-corrected chi connectivity index (χ3v) is 3.20. The molecule has 0 saturated heterocycles. The number of alkyl halides is 2. The average molecular weight is 361 g/mol. The zero-order valence-corrected chi connectivity index (χ0v) is 15.0. The number of nitrogens with zero attached hydrogens (tertiary/aromatic N) is 1. The van der Waals surface area contributed by atoms with E-state index in [4.69, 9.17) is 20.1 Å². The number of aliphatic hydroxyl groups is 3. The summed E-state index contributed by atoms with van der Waals surface area (Å²) in [5.41, 5.74) is -4.59. The first-order valence-corrected chi connectivity index (χ1v) is 7.13. The maximum atomic E-state index is 12.9. The van der Waals surface area contributed by atoms with E-state index in [1.807, 2.05) is 0 Å². The van der Waals surface area contributed by atoms with Gasteiger partial charge in [-0.2, -0.15) is 15.7 Å². The van der Waals surface area contributed by atoms with Crippen LogP contribution in [0.15, 0.2) is 0 Å². The zero-order valence-electron chi connectivity index (χ0n) is 12.1. The van der Waals surface area contributed by atoms with E-state index < -0.39 is 44.5 Å². The molecule has 0 aliphatic carbocycles. The first-order chi connectivity index (χ1) is 9.42. The molecule has 0 rings (SSSR count). The molecule has 0 aromatic carbocycles. The molecular weight excluding hydrogens is 342 g/mol. The van der Waals surface area contributed by atoms with Crippen LogP contribution in [0.2, 0.25) is 0 Å². The molecule has 0 aromatic rings. The second-order valence-electron chi connectivity index (χ2n) is 3.77. The Bertz CT molecular complexity index is 359. The zero-order chi connectivity index (χ0) is 17.4. The minimum atomic E-state index is -5.83. The smallest absolute Gasteiger partial charge is 0.390 e. The van der Waals surface area contributed by atoms with Gasteiger partial charge in [0.15, 0.2) is 0 Å². The topological polar surface area (TPSA) is 159 Å². The molecule has 0 bridgehead atoms. The van der Waals surface area contributed by atoms with Crippen molar-refractivity contribution in [2.45, 2.75) is 37.3 Å². The Morgan fingerprint density at radius 1 is 1.23 bits per heavy atom. The minimum Gasteiger partial charge on any atom is -0.390 e. The quantitative estimate of drug-likeness (QED) is 0.0636. The summed E-state index contributed by atoms with van der Waals surface area (Å²) in [5.74, 6) is 0. The molecule has 3 atom stereocenters. The monoisotopic (exact) mass is 361 g/mol. The third kappa shape index (κ3) is 9.46. The molecule has 0 saturated carbocycles. The van der Waals surface area contributed by atoms with Gasteiger partial charge in [0.25, 0.3) is 0 Å². The molecule has 6 N–H and O–H groups in total. The molecule has 128 valence electrons. The van der Waals surface area contributed by atoms with Crippen LogP contribution in [0.1, 0.15) is 13.3 Å². The summed E-state index contributed by atoms with van der Waals surface area (Å²) in [6.45, 7) is 4.11. The number of hydroxylamine groups is 2. The van der Waals surface area contributed by atoms with Gasteiger partial charge >= 0.3 is 42.8 Å². The number of hydrogen-bond acceptors (Lipinski definition) is 6. The van der Waals surface area contributed by atoms with Gasteiger partial charge in [0.2, 0.25) is 6.41 Å². The molecule has 0 unspecified atom stereocenters. The first-order valence-electron chi connectivity index (χ1n) is 5.51. The Kier molecular flexibility index (Phi) is 14.6.